The molecule has 4 aromatic carbocycles. The van der Waals surface area contributed by atoms with Gasteiger partial charge in [-0.2, -0.15) is 5.26 Å². The Hall–Kier alpha value is -4.55. The minimum atomic E-state index is -0.640. The summed E-state index contributed by atoms with van der Waals surface area (Å²) in [5.74, 6) is 0.247. The minimum Gasteiger partial charge on any atom is -0.489 e. The highest BCUT2D eigenvalue weighted by molar-refractivity contribution is 6.35. The first-order valence-corrected chi connectivity index (χ1v) is 13.1. The number of halogens is 3. The number of nitriles is 1. The summed E-state index contributed by atoms with van der Waals surface area (Å²) >= 11 is 18.3. The van der Waals surface area contributed by atoms with Gasteiger partial charge in [-0.05, 0) is 66.2 Å². The summed E-state index contributed by atoms with van der Waals surface area (Å²) in [6.45, 7) is 0.255. The van der Waals surface area contributed by atoms with Gasteiger partial charge >= 0.3 is 0 Å². The second-order valence-electron chi connectivity index (χ2n) is 8.57. The molecule has 0 saturated heterocycles. The predicted molar refractivity (Wildman–Crippen MR) is 158 cm³/mol. The van der Waals surface area contributed by atoms with Crippen LogP contribution in [-0.2, 0) is 18.0 Å². The highest BCUT2D eigenvalue weighted by atomic mass is 35.5. The molecule has 0 heterocycles. The zero-order valence-electron chi connectivity index (χ0n) is 21.1. The number of anilines is 1. The van der Waals surface area contributed by atoms with Gasteiger partial charge < -0.3 is 14.8 Å². The summed E-state index contributed by atoms with van der Waals surface area (Å²) in [7, 11) is 0. The van der Waals surface area contributed by atoms with E-state index in [0.29, 0.717) is 43.4 Å². The number of hydrogen-bond acceptors (Lipinski definition) is 6. The molecule has 0 aliphatic rings. The minimum absolute atomic E-state index is 0.0247. The molecule has 4 aromatic rings. The molecule has 0 aliphatic heterocycles. The summed E-state index contributed by atoms with van der Waals surface area (Å²) in [6.07, 6.45) is 1.36. The number of carbonyl (C=O) groups is 1. The van der Waals surface area contributed by atoms with E-state index in [4.69, 9.17) is 44.3 Å². The van der Waals surface area contributed by atoms with E-state index in [9.17, 15) is 20.2 Å². The van der Waals surface area contributed by atoms with Crippen LogP contribution in [0.4, 0.5) is 11.4 Å². The summed E-state index contributed by atoms with van der Waals surface area (Å²) < 4.78 is 11.6. The van der Waals surface area contributed by atoms with E-state index in [0.717, 1.165) is 5.56 Å². The van der Waals surface area contributed by atoms with Gasteiger partial charge in [0, 0.05) is 44.0 Å². The summed E-state index contributed by atoms with van der Waals surface area (Å²) in [4.78, 5) is 23.4. The van der Waals surface area contributed by atoms with E-state index in [-0.39, 0.29) is 24.5 Å². The average Bonchev–Trinajstić information content (AvgIpc) is 2.95. The van der Waals surface area contributed by atoms with Gasteiger partial charge in [-0.1, -0.05) is 53.0 Å². The molecule has 0 radical (unpaired) electrons. The highest BCUT2D eigenvalue weighted by Crippen LogP contribution is 2.28. The van der Waals surface area contributed by atoms with Crippen molar-refractivity contribution in [2.24, 2.45) is 0 Å². The van der Waals surface area contributed by atoms with Gasteiger partial charge in [0.1, 0.15) is 36.4 Å². The third-order valence-electron chi connectivity index (χ3n) is 5.67. The Labute approximate surface area is 250 Å². The number of amides is 1. The normalized spacial score (nSPS) is 10.9. The van der Waals surface area contributed by atoms with Crippen LogP contribution in [0.1, 0.15) is 16.7 Å². The smallest absolute Gasteiger partial charge is 0.269 e. The number of rotatable bonds is 10. The van der Waals surface area contributed by atoms with Crippen LogP contribution in [0.15, 0.2) is 90.5 Å². The van der Waals surface area contributed by atoms with Crippen molar-refractivity contribution in [3.8, 4) is 17.6 Å². The van der Waals surface area contributed by atoms with Crippen molar-refractivity contribution in [2.75, 3.05) is 5.32 Å². The lowest BCUT2D eigenvalue weighted by molar-refractivity contribution is -0.384. The molecule has 41 heavy (non-hydrogen) atoms. The van der Waals surface area contributed by atoms with E-state index in [1.807, 2.05) is 6.07 Å². The number of nitro groups is 1. The van der Waals surface area contributed by atoms with E-state index < -0.39 is 10.8 Å². The average molecular weight is 609 g/mol. The lowest BCUT2D eigenvalue weighted by atomic mass is 10.1. The molecular weight excluding hydrogens is 589 g/mol. The molecule has 0 fully saturated rings. The maximum Gasteiger partial charge on any atom is 0.269 e. The number of nitrogens with one attached hydrogen (secondary N) is 1. The Morgan fingerprint density at radius 1 is 0.927 bits per heavy atom. The summed E-state index contributed by atoms with van der Waals surface area (Å²) in [5.41, 5.74) is 1.93. The first-order valence-electron chi connectivity index (χ1n) is 12.0. The van der Waals surface area contributed by atoms with Crippen molar-refractivity contribution >= 4 is 58.2 Å². The predicted octanol–water partition coefficient (Wildman–Crippen LogP) is 8.26. The number of carbonyl (C=O) groups excluding carboxylic acids is 1. The lowest BCUT2D eigenvalue weighted by Crippen LogP contribution is -2.13. The van der Waals surface area contributed by atoms with Gasteiger partial charge in [0.05, 0.1) is 4.92 Å². The fourth-order valence-corrected chi connectivity index (χ4v) is 4.26. The van der Waals surface area contributed by atoms with Crippen molar-refractivity contribution in [1.29, 1.82) is 5.26 Å². The van der Waals surface area contributed by atoms with Gasteiger partial charge in [0.25, 0.3) is 11.6 Å². The molecule has 206 valence electrons. The van der Waals surface area contributed by atoms with E-state index in [2.05, 4.69) is 5.32 Å². The number of hydrogen-bond donors (Lipinski definition) is 1. The van der Waals surface area contributed by atoms with Crippen molar-refractivity contribution in [3.63, 3.8) is 0 Å². The lowest BCUT2D eigenvalue weighted by Gasteiger charge is -2.11. The van der Waals surface area contributed by atoms with Gasteiger partial charge in [-0.15, -0.1) is 0 Å². The summed E-state index contributed by atoms with van der Waals surface area (Å²) in [5, 5.41) is 24.8. The maximum absolute atomic E-state index is 12.9. The topological polar surface area (TPSA) is 114 Å². The van der Waals surface area contributed by atoms with Crippen LogP contribution in [0.25, 0.3) is 6.08 Å². The first-order chi connectivity index (χ1) is 19.7. The Kier molecular flexibility index (Phi) is 9.82. The largest absolute Gasteiger partial charge is 0.489 e. The van der Waals surface area contributed by atoms with Crippen LogP contribution in [0.3, 0.4) is 0 Å². The maximum atomic E-state index is 12.9. The van der Waals surface area contributed by atoms with Crippen LogP contribution in [-0.4, -0.2) is 10.8 Å². The Morgan fingerprint density at radius 3 is 2.37 bits per heavy atom. The standard InChI is InChI=1S/C30H20Cl3N3O5/c31-23-6-11-29(41-17-19-2-1-3-26(12-19)36(38)39)21(14-23)13-22(16-34)30(37)35-25-7-9-27(10-8-25)40-18-20-4-5-24(32)15-28(20)33/h1-15H,17-18H2,(H,35,37)/b22-13+. The van der Waals surface area contributed by atoms with Crippen molar-refractivity contribution in [3.05, 3.63) is 132 Å². The van der Waals surface area contributed by atoms with Crippen LogP contribution in [0, 0.1) is 21.4 Å². The third-order valence-corrected chi connectivity index (χ3v) is 6.50. The van der Waals surface area contributed by atoms with Crippen molar-refractivity contribution in [1.82, 2.24) is 0 Å². The molecule has 4 rings (SSSR count). The molecule has 0 atom stereocenters. The van der Waals surface area contributed by atoms with Crippen LogP contribution in [0.5, 0.6) is 11.5 Å². The fraction of sp³-hybridized carbons (Fsp3) is 0.0667. The van der Waals surface area contributed by atoms with E-state index in [1.54, 1.807) is 72.8 Å². The van der Waals surface area contributed by atoms with E-state index in [1.165, 1.54) is 18.2 Å². The van der Waals surface area contributed by atoms with E-state index >= 15 is 0 Å². The molecule has 0 unspecified atom stereocenters. The van der Waals surface area contributed by atoms with Gasteiger partial charge in [0.15, 0.2) is 0 Å². The van der Waals surface area contributed by atoms with Gasteiger partial charge in [-0.25, -0.2) is 0 Å². The number of nitro benzene ring substituents is 1. The number of benzene rings is 4. The molecule has 1 N–H and O–H groups in total. The first kappa shape index (κ1) is 29.4. The summed E-state index contributed by atoms with van der Waals surface area (Å²) in [6, 6.07) is 24.4. The Balaban J connectivity index is 1.43. The van der Waals surface area contributed by atoms with Crippen molar-refractivity contribution in [2.45, 2.75) is 13.2 Å². The molecule has 0 spiro atoms. The Morgan fingerprint density at radius 2 is 1.66 bits per heavy atom. The number of ether oxygens (including phenoxy) is 2. The van der Waals surface area contributed by atoms with Crippen LogP contribution < -0.4 is 14.8 Å². The third kappa shape index (κ3) is 8.22. The zero-order valence-corrected chi connectivity index (χ0v) is 23.4. The zero-order chi connectivity index (χ0) is 29.4. The van der Waals surface area contributed by atoms with Gasteiger partial charge in [-0.3, -0.25) is 14.9 Å². The molecule has 0 aromatic heterocycles. The molecule has 0 aliphatic carbocycles. The van der Waals surface area contributed by atoms with Crippen LogP contribution in [0.2, 0.25) is 15.1 Å². The molecule has 1 amide bonds. The fourth-order valence-electron chi connectivity index (χ4n) is 3.62. The second kappa shape index (κ2) is 13.7. The molecular formula is C30H20Cl3N3O5. The molecule has 8 nitrogen and oxygen atoms in total. The molecule has 11 heteroatoms. The quantitative estimate of drug-likeness (QED) is 0.0839. The second-order valence-corrected chi connectivity index (χ2v) is 9.85. The number of non-ortho nitro benzene ring substituents is 1. The number of nitrogens with zero attached hydrogens (tertiary/aromatic N) is 2. The Bertz CT molecular complexity index is 1670. The van der Waals surface area contributed by atoms with Gasteiger partial charge in [0.2, 0.25) is 0 Å². The highest BCUT2D eigenvalue weighted by Gasteiger charge is 2.13. The molecule has 0 bridgehead atoms. The van der Waals surface area contributed by atoms with Crippen LogP contribution >= 0.6 is 34.8 Å². The monoisotopic (exact) mass is 607 g/mol. The van der Waals surface area contributed by atoms with Crippen molar-refractivity contribution < 1.29 is 19.2 Å². The SMILES string of the molecule is N#C/C(=C\c1cc(Cl)ccc1OCc1cccc([N+](=O)[O-])c1)C(=O)Nc1ccc(OCc2ccc(Cl)cc2Cl)cc1. The molecule has 0 saturated carbocycles.